The molecule has 0 atom stereocenters. The zero-order valence-electron chi connectivity index (χ0n) is 11.7. The SMILES string of the molecule is CC(C)(C)CC(C)(C)Nc1c(F)c(F)nc(F)c1F. The fraction of sp³-hybridized carbons (Fsp3) is 0.615. The highest BCUT2D eigenvalue weighted by Gasteiger charge is 2.29. The number of anilines is 1. The van der Waals surface area contributed by atoms with Gasteiger partial charge in [0.2, 0.25) is 11.6 Å². The zero-order chi connectivity index (χ0) is 15.0. The number of hydrogen-bond donors (Lipinski definition) is 1. The van der Waals surface area contributed by atoms with E-state index in [2.05, 4.69) is 10.3 Å². The molecule has 0 spiro atoms. The molecule has 1 rings (SSSR count). The molecule has 19 heavy (non-hydrogen) atoms. The number of nitrogens with one attached hydrogen (secondary N) is 1. The van der Waals surface area contributed by atoms with Crippen LogP contribution in [0.5, 0.6) is 0 Å². The summed E-state index contributed by atoms with van der Waals surface area (Å²) in [6.07, 6.45) is 0.546. The highest BCUT2D eigenvalue weighted by Crippen LogP contribution is 2.32. The minimum atomic E-state index is -1.66. The number of hydrogen-bond acceptors (Lipinski definition) is 2. The maximum absolute atomic E-state index is 13.5. The van der Waals surface area contributed by atoms with Gasteiger partial charge in [-0.2, -0.15) is 22.5 Å². The van der Waals surface area contributed by atoms with E-state index in [0.29, 0.717) is 6.42 Å². The van der Waals surface area contributed by atoms with Crippen molar-refractivity contribution in [3.8, 4) is 0 Å². The summed E-state index contributed by atoms with van der Waals surface area (Å²) in [5.74, 6) is -6.34. The lowest BCUT2D eigenvalue weighted by molar-refractivity contribution is 0.299. The topological polar surface area (TPSA) is 24.9 Å². The van der Waals surface area contributed by atoms with Gasteiger partial charge in [0, 0.05) is 5.54 Å². The van der Waals surface area contributed by atoms with Crippen molar-refractivity contribution in [3.05, 3.63) is 23.5 Å². The van der Waals surface area contributed by atoms with Crippen LogP contribution in [0, 0.1) is 28.9 Å². The standard InChI is InChI=1S/C13H18F4N2/c1-12(2,3)6-13(4,5)19-9-7(14)10(16)18-11(17)8(9)15/h6H2,1-5H3,(H,18,19). The molecule has 0 saturated heterocycles. The molecule has 1 aromatic rings. The van der Waals surface area contributed by atoms with Crippen LogP contribution >= 0.6 is 0 Å². The smallest absolute Gasteiger partial charge is 0.253 e. The first kappa shape index (κ1) is 15.7. The van der Waals surface area contributed by atoms with Gasteiger partial charge in [0.25, 0.3) is 11.9 Å². The molecule has 0 bridgehead atoms. The van der Waals surface area contributed by atoms with Gasteiger partial charge >= 0.3 is 0 Å². The van der Waals surface area contributed by atoms with Crippen LogP contribution in [0.3, 0.4) is 0 Å². The molecular weight excluding hydrogens is 260 g/mol. The van der Waals surface area contributed by atoms with Crippen molar-refractivity contribution in [2.45, 2.75) is 46.6 Å². The molecule has 0 radical (unpaired) electrons. The van der Waals surface area contributed by atoms with E-state index in [1.54, 1.807) is 13.8 Å². The molecule has 2 nitrogen and oxygen atoms in total. The van der Waals surface area contributed by atoms with Gasteiger partial charge in [-0.3, -0.25) is 0 Å². The Labute approximate surface area is 110 Å². The number of rotatable bonds is 3. The van der Waals surface area contributed by atoms with Crippen LogP contribution in [0.1, 0.15) is 41.0 Å². The second-order valence-corrected chi connectivity index (χ2v) is 6.44. The van der Waals surface area contributed by atoms with E-state index >= 15 is 0 Å². The van der Waals surface area contributed by atoms with Crippen LogP contribution in [0.15, 0.2) is 0 Å². The Morgan fingerprint density at radius 3 is 1.68 bits per heavy atom. The van der Waals surface area contributed by atoms with Crippen molar-refractivity contribution in [2.24, 2.45) is 5.41 Å². The minimum absolute atomic E-state index is 0.117. The van der Waals surface area contributed by atoms with Gasteiger partial charge in [-0.15, -0.1) is 0 Å². The molecule has 0 fully saturated rings. The van der Waals surface area contributed by atoms with Gasteiger partial charge in [0.05, 0.1) is 0 Å². The number of pyridine rings is 1. The zero-order valence-corrected chi connectivity index (χ0v) is 11.7. The summed E-state index contributed by atoms with van der Waals surface area (Å²) >= 11 is 0. The Bertz CT molecular complexity index is 452. The maximum Gasteiger partial charge on any atom is 0.253 e. The van der Waals surface area contributed by atoms with Crippen molar-refractivity contribution in [3.63, 3.8) is 0 Å². The molecule has 1 N–H and O–H groups in total. The second kappa shape index (κ2) is 4.98. The van der Waals surface area contributed by atoms with E-state index in [-0.39, 0.29) is 5.41 Å². The third-order valence-corrected chi connectivity index (χ3v) is 2.43. The average molecular weight is 278 g/mol. The van der Waals surface area contributed by atoms with E-state index in [1.165, 1.54) is 0 Å². The predicted octanol–water partition coefficient (Wildman–Crippen LogP) is 4.26. The summed E-state index contributed by atoms with van der Waals surface area (Å²) in [6, 6.07) is 0. The fourth-order valence-electron chi connectivity index (χ4n) is 2.31. The van der Waals surface area contributed by atoms with Gasteiger partial charge in [-0.25, -0.2) is 0 Å². The Kier molecular flexibility index (Phi) is 4.12. The van der Waals surface area contributed by atoms with Crippen LogP contribution in [0.4, 0.5) is 23.2 Å². The lowest BCUT2D eigenvalue weighted by Crippen LogP contribution is -2.36. The van der Waals surface area contributed by atoms with Crippen LogP contribution in [0.25, 0.3) is 0 Å². The molecule has 0 aliphatic rings. The molecule has 1 heterocycles. The van der Waals surface area contributed by atoms with Crippen LogP contribution in [0.2, 0.25) is 0 Å². The summed E-state index contributed by atoms with van der Waals surface area (Å²) in [6.45, 7) is 9.27. The van der Waals surface area contributed by atoms with Crippen molar-refractivity contribution >= 4 is 5.69 Å². The Balaban J connectivity index is 3.12. The van der Waals surface area contributed by atoms with E-state index < -0.39 is 34.8 Å². The third kappa shape index (κ3) is 4.08. The molecule has 0 saturated carbocycles. The summed E-state index contributed by atoms with van der Waals surface area (Å²) in [5.41, 5.74) is -1.67. The first-order chi connectivity index (χ1) is 8.43. The van der Waals surface area contributed by atoms with Gasteiger partial charge in [0.1, 0.15) is 5.69 Å². The molecule has 0 unspecified atom stereocenters. The van der Waals surface area contributed by atoms with Crippen molar-refractivity contribution in [2.75, 3.05) is 5.32 Å². The molecule has 6 heteroatoms. The Hall–Kier alpha value is -1.33. The summed E-state index contributed by atoms with van der Waals surface area (Å²) in [5, 5.41) is 2.52. The largest absolute Gasteiger partial charge is 0.375 e. The van der Waals surface area contributed by atoms with Crippen molar-refractivity contribution < 1.29 is 17.6 Å². The maximum atomic E-state index is 13.5. The van der Waals surface area contributed by atoms with Gasteiger partial charge in [-0.05, 0) is 25.7 Å². The van der Waals surface area contributed by atoms with E-state index in [0.717, 1.165) is 0 Å². The van der Waals surface area contributed by atoms with Crippen LogP contribution < -0.4 is 5.32 Å². The molecule has 0 aromatic carbocycles. The monoisotopic (exact) mass is 278 g/mol. The fourth-order valence-corrected chi connectivity index (χ4v) is 2.31. The third-order valence-electron chi connectivity index (χ3n) is 2.43. The average Bonchev–Trinajstić information content (AvgIpc) is 2.18. The van der Waals surface area contributed by atoms with Gasteiger partial charge in [0.15, 0.2) is 0 Å². The summed E-state index contributed by atoms with van der Waals surface area (Å²) in [4.78, 5) is 2.51. The number of aromatic nitrogens is 1. The first-order valence-electron chi connectivity index (χ1n) is 5.91. The summed E-state index contributed by atoms with van der Waals surface area (Å²) < 4.78 is 53.0. The highest BCUT2D eigenvalue weighted by molar-refractivity contribution is 5.47. The molecule has 0 aliphatic heterocycles. The van der Waals surface area contributed by atoms with E-state index in [1.807, 2.05) is 20.8 Å². The normalized spacial score (nSPS) is 12.7. The van der Waals surface area contributed by atoms with Crippen LogP contribution in [-0.2, 0) is 0 Å². The molecule has 0 amide bonds. The first-order valence-corrected chi connectivity index (χ1v) is 5.91. The Morgan fingerprint density at radius 2 is 1.32 bits per heavy atom. The minimum Gasteiger partial charge on any atom is -0.375 e. The summed E-state index contributed by atoms with van der Waals surface area (Å²) in [7, 11) is 0. The molecule has 0 aliphatic carbocycles. The lowest BCUT2D eigenvalue weighted by atomic mass is 9.81. The van der Waals surface area contributed by atoms with Crippen molar-refractivity contribution in [1.82, 2.24) is 4.98 Å². The Morgan fingerprint density at radius 1 is 0.895 bits per heavy atom. The van der Waals surface area contributed by atoms with E-state index in [9.17, 15) is 17.6 Å². The second-order valence-electron chi connectivity index (χ2n) is 6.44. The number of nitrogens with zero attached hydrogens (tertiary/aromatic N) is 1. The highest BCUT2D eigenvalue weighted by atomic mass is 19.2. The quantitative estimate of drug-likeness (QED) is 0.660. The molecular formula is C13H18F4N2. The van der Waals surface area contributed by atoms with Crippen LogP contribution in [-0.4, -0.2) is 10.5 Å². The number of halogens is 4. The van der Waals surface area contributed by atoms with E-state index in [4.69, 9.17) is 0 Å². The van der Waals surface area contributed by atoms with Gasteiger partial charge in [-0.1, -0.05) is 20.8 Å². The molecule has 1 aromatic heterocycles. The predicted molar refractivity (Wildman–Crippen MR) is 65.8 cm³/mol. The van der Waals surface area contributed by atoms with Gasteiger partial charge < -0.3 is 5.32 Å². The molecule has 108 valence electrons. The van der Waals surface area contributed by atoms with Crippen molar-refractivity contribution in [1.29, 1.82) is 0 Å². The lowest BCUT2D eigenvalue weighted by Gasteiger charge is -2.34.